The van der Waals surface area contributed by atoms with Gasteiger partial charge in [-0.3, -0.25) is 9.59 Å². The first-order chi connectivity index (χ1) is 15.8. The van der Waals surface area contributed by atoms with E-state index in [1.807, 2.05) is 0 Å². The van der Waals surface area contributed by atoms with Gasteiger partial charge in [0.2, 0.25) is 0 Å². The number of guanidine groups is 1. The lowest BCUT2D eigenvalue weighted by molar-refractivity contribution is -0.154. The van der Waals surface area contributed by atoms with E-state index in [1.54, 1.807) is 60.4 Å². The highest BCUT2D eigenvalue weighted by atomic mass is 16.5. The van der Waals surface area contributed by atoms with Crippen LogP contribution in [-0.2, 0) is 19.1 Å². The Balaban J connectivity index is 1.52. The third-order valence-corrected chi connectivity index (χ3v) is 5.01. The van der Waals surface area contributed by atoms with Crippen LogP contribution in [-0.4, -0.2) is 61.6 Å². The van der Waals surface area contributed by atoms with Crippen molar-refractivity contribution in [2.75, 3.05) is 32.9 Å². The van der Waals surface area contributed by atoms with E-state index in [1.165, 1.54) is 0 Å². The third-order valence-electron chi connectivity index (χ3n) is 5.01. The van der Waals surface area contributed by atoms with Crippen molar-refractivity contribution in [3.8, 4) is 5.75 Å². The number of nitrogens with zero attached hydrogens (tertiary/aromatic N) is 2. The van der Waals surface area contributed by atoms with Crippen molar-refractivity contribution in [3.05, 3.63) is 59.7 Å². The van der Waals surface area contributed by atoms with Crippen molar-refractivity contribution in [2.45, 2.75) is 12.8 Å². The first kappa shape index (κ1) is 23.7. The molecule has 1 amide bonds. The molecule has 2 aromatic rings. The molecule has 1 aliphatic rings. The molecule has 1 atom stereocenters. The quantitative estimate of drug-likeness (QED) is 0.276. The Labute approximate surface area is 191 Å². The number of hydrogen-bond donors (Lipinski definition) is 2. The average molecular weight is 454 g/mol. The molecule has 10 heteroatoms. The summed E-state index contributed by atoms with van der Waals surface area (Å²) in [5.41, 5.74) is 12.2. The van der Waals surface area contributed by atoms with Gasteiger partial charge in [0.15, 0.2) is 12.6 Å². The van der Waals surface area contributed by atoms with Gasteiger partial charge in [-0.05, 0) is 48.9 Å². The van der Waals surface area contributed by atoms with Gasteiger partial charge in [-0.2, -0.15) is 0 Å². The lowest BCUT2D eigenvalue weighted by Gasteiger charge is -2.26. The number of amides is 1. The van der Waals surface area contributed by atoms with Gasteiger partial charge in [0.05, 0.1) is 30.4 Å². The van der Waals surface area contributed by atoms with E-state index in [0.717, 1.165) is 0 Å². The van der Waals surface area contributed by atoms with Crippen molar-refractivity contribution in [1.29, 1.82) is 0 Å². The Bertz CT molecular complexity index is 1010. The summed E-state index contributed by atoms with van der Waals surface area (Å²) in [4.78, 5) is 42.3. The molecule has 174 valence electrons. The summed E-state index contributed by atoms with van der Waals surface area (Å²) in [6.45, 7) is 3.33. The van der Waals surface area contributed by atoms with Crippen LogP contribution >= 0.6 is 0 Å². The largest absolute Gasteiger partial charge is 0.455 e. The van der Waals surface area contributed by atoms with Crippen LogP contribution in [0.3, 0.4) is 0 Å². The molecule has 3 rings (SSSR count). The summed E-state index contributed by atoms with van der Waals surface area (Å²) in [6, 6.07) is 12.8. The number of carbonyl (C=O) groups is 3. The molecule has 0 spiro atoms. The topological polar surface area (TPSA) is 147 Å². The van der Waals surface area contributed by atoms with Crippen LogP contribution in [0.1, 0.15) is 28.8 Å². The Morgan fingerprint density at radius 2 is 1.67 bits per heavy atom. The highest BCUT2D eigenvalue weighted by molar-refractivity contribution is 5.91. The van der Waals surface area contributed by atoms with Gasteiger partial charge in [0, 0.05) is 13.1 Å². The Kier molecular flexibility index (Phi) is 7.98. The van der Waals surface area contributed by atoms with Crippen LogP contribution in [0.4, 0.5) is 5.69 Å². The fourth-order valence-electron chi connectivity index (χ4n) is 3.11. The Hall–Kier alpha value is -3.92. The van der Waals surface area contributed by atoms with Crippen LogP contribution in [0.25, 0.3) is 0 Å². The van der Waals surface area contributed by atoms with E-state index in [9.17, 15) is 14.4 Å². The third kappa shape index (κ3) is 6.78. The van der Waals surface area contributed by atoms with Gasteiger partial charge in [-0.1, -0.05) is 12.1 Å². The van der Waals surface area contributed by atoms with Crippen LogP contribution in [0.5, 0.6) is 5.75 Å². The highest BCUT2D eigenvalue weighted by Crippen LogP contribution is 2.22. The molecule has 10 nitrogen and oxygen atoms in total. The number of morpholine rings is 1. The van der Waals surface area contributed by atoms with Crippen molar-refractivity contribution >= 4 is 29.5 Å². The molecule has 33 heavy (non-hydrogen) atoms. The van der Waals surface area contributed by atoms with Crippen molar-refractivity contribution in [1.82, 2.24) is 4.90 Å². The van der Waals surface area contributed by atoms with Crippen LogP contribution in [0.15, 0.2) is 53.5 Å². The van der Waals surface area contributed by atoms with Gasteiger partial charge in [0.1, 0.15) is 5.75 Å². The standard InChI is InChI=1S/C23H26N4O6/c1-15(21(29)32-14-20(28)27-10-12-31-13-11-27)16-4-8-19(9-5-16)33-22(30)17-2-6-18(7-3-17)26-23(24)25/h2-9,15H,10-14H2,1H3,(H4,24,25,26). The average Bonchev–Trinajstić information content (AvgIpc) is 2.83. The molecule has 1 fully saturated rings. The molecule has 0 bridgehead atoms. The first-order valence-corrected chi connectivity index (χ1v) is 10.4. The maximum Gasteiger partial charge on any atom is 0.343 e. The van der Waals surface area contributed by atoms with E-state index in [2.05, 4.69) is 4.99 Å². The zero-order chi connectivity index (χ0) is 23.8. The first-order valence-electron chi connectivity index (χ1n) is 10.4. The number of benzene rings is 2. The van der Waals surface area contributed by atoms with E-state index in [-0.39, 0.29) is 18.5 Å². The van der Waals surface area contributed by atoms with Gasteiger partial charge < -0.3 is 30.6 Å². The summed E-state index contributed by atoms with van der Waals surface area (Å²) in [5, 5.41) is 0. The fraction of sp³-hybridized carbons (Fsp3) is 0.304. The minimum atomic E-state index is -0.588. The lowest BCUT2D eigenvalue weighted by Crippen LogP contribution is -2.42. The SMILES string of the molecule is CC(C(=O)OCC(=O)N1CCOCC1)c1ccc(OC(=O)c2ccc(N=C(N)N)cc2)cc1. The van der Waals surface area contributed by atoms with Crippen molar-refractivity contribution in [3.63, 3.8) is 0 Å². The molecule has 1 saturated heterocycles. The number of rotatable bonds is 7. The summed E-state index contributed by atoms with van der Waals surface area (Å²) < 4.78 is 15.7. The minimum absolute atomic E-state index is 0.0766. The predicted molar refractivity (Wildman–Crippen MR) is 120 cm³/mol. The Morgan fingerprint density at radius 1 is 1.03 bits per heavy atom. The monoisotopic (exact) mass is 454 g/mol. The minimum Gasteiger partial charge on any atom is -0.455 e. The molecule has 1 heterocycles. The second-order valence-corrected chi connectivity index (χ2v) is 7.36. The zero-order valence-corrected chi connectivity index (χ0v) is 18.2. The normalized spacial score (nSPS) is 14.2. The fourth-order valence-corrected chi connectivity index (χ4v) is 3.11. The van der Waals surface area contributed by atoms with E-state index < -0.39 is 17.9 Å². The summed E-state index contributed by atoms with van der Waals surface area (Å²) in [7, 11) is 0. The molecule has 4 N–H and O–H groups in total. The van der Waals surface area contributed by atoms with Crippen molar-refractivity contribution < 1.29 is 28.6 Å². The molecule has 1 aliphatic heterocycles. The van der Waals surface area contributed by atoms with Gasteiger partial charge in [-0.25, -0.2) is 9.79 Å². The maximum absolute atomic E-state index is 12.3. The number of nitrogens with two attached hydrogens (primary N) is 2. The summed E-state index contributed by atoms with van der Waals surface area (Å²) in [6.07, 6.45) is 0. The van der Waals surface area contributed by atoms with E-state index in [0.29, 0.717) is 48.9 Å². The van der Waals surface area contributed by atoms with Gasteiger partial charge >= 0.3 is 11.9 Å². The van der Waals surface area contributed by atoms with Crippen LogP contribution in [0, 0.1) is 0 Å². The smallest absolute Gasteiger partial charge is 0.343 e. The van der Waals surface area contributed by atoms with E-state index >= 15 is 0 Å². The number of aliphatic imine (C=N–C) groups is 1. The van der Waals surface area contributed by atoms with Crippen LogP contribution < -0.4 is 16.2 Å². The molecule has 2 aromatic carbocycles. The molecular formula is C23H26N4O6. The molecule has 1 unspecified atom stereocenters. The Morgan fingerprint density at radius 3 is 2.27 bits per heavy atom. The summed E-state index contributed by atoms with van der Waals surface area (Å²) >= 11 is 0. The zero-order valence-electron chi connectivity index (χ0n) is 18.2. The molecule has 0 radical (unpaired) electrons. The second kappa shape index (κ2) is 11.1. The second-order valence-electron chi connectivity index (χ2n) is 7.36. The number of hydrogen-bond acceptors (Lipinski definition) is 7. The predicted octanol–water partition coefficient (Wildman–Crippen LogP) is 1.32. The van der Waals surface area contributed by atoms with E-state index in [4.69, 9.17) is 25.7 Å². The molecule has 0 aliphatic carbocycles. The lowest BCUT2D eigenvalue weighted by atomic mass is 10.0. The number of esters is 2. The molecular weight excluding hydrogens is 428 g/mol. The van der Waals surface area contributed by atoms with Gasteiger partial charge in [-0.15, -0.1) is 0 Å². The van der Waals surface area contributed by atoms with Crippen molar-refractivity contribution in [2.24, 2.45) is 16.5 Å². The highest BCUT2D eigenvalue weighted by Gasteiger charge is 2.22. The maximum atomic E-state index is 12.3. The van der Waals surface area contributed by atoms with Crippen LogP contribution in [0.2, 0.25) is 0 Å². The number of carbonyl (C=O) groups excluding carboxylic acids is 3. The molecule has 0 saturated carbocycles. The van der Waals surface area contributed by atoms with Gasteiger partial charge in [0.25, 0.3) is 5.91 Å². The summed E-state index contributed by atoms with van der Waals surface area (Å²) in [5.74, 6) is -1.65. The number of ether oxygens (including phenoxy) is 3. The molecule has 0 aromatic heterocycles.